The molecule has 3 rings (SSSR count). The van der Waals surface area contributed by atoms with Crippen LogP contribution in [-0.2, 0) is 0 Å². The van der Waals surface area contributed by atoms with Gasteiger partial charge in [0.15, 0.2) is 0 Å². The Hall–Kier alpha value is -1.72. The van der Waals surface area contributed by atoms with Gasteiger partial charge in [0, 0.05) is 18.7 Å². The van der Waals surface area contributed by atoms with Gasteiger partial charge in [-0.1, -0.05) is 30.3 Å². The Kier molecular flexibility index (Phi) is 4.03. The molecular weight excluding hydrogens is 282 g/mol. The third kappa shape index (κ3) is 2.84. The summed E-state index contributed by atoms with van der Waals surface area (Å²) in [4.78, 5) is 20.0. The van der Waals surface area contributed by atoms with Crippen LogP contribution in [0, 0.1) is 12.8 Å². The van der Waals surface area contributed by atoms with E-state index >= 15 is 0 Å². The van der Waals surface area contributed by atoms with Crippen LogP contribution in [0.15, 0.2) is 30.3 Å². The van der Waals surface area contributed by atoms with Gasteiger partial charge in [0.25, 0.3) is 5.91 Å². The van der Waals surface area contributed by atoms with Crippen LogP contribution in [0.1, 0.15) is 21.1 Å². The molecule has 5 heteroatoms. The van der Waals surface area contributed by atoms with Crippen molar-refractivity contribution >= 4 is 17.2 Å². The summed E-state index contributed by atoms with van der Waals surface area (Å²) in [5, 5.41) is 0.923. The maximum Gasteiger partial charge on any atom is 0.266 e. The largest absolute Gasteiger partial charge is 0.338 e. The fourth-order valence-corrected chi connectivity index (χ4v) is 3.63. The average molecular weight is 301 g/mol. The van der Waals surface area contributed by atoms with Crippen molar-refractivity contribution in [3.05, 3.63) is 40.2 Å². The maximum absolute atomic E-state index is 12.8. The summed E-state index contributed by atoms with van der Waals surface area (Å²) >= 11 is 1.48. The van der Waals surface area contributed by atoms with Crippen LogP contribution in [0.25, 0.3) is 11.3 Å². The molecule has 1 aliphatic heterocycles. The number of carbonyl (C=O) groups is 1. The lowest BCUT2D eigenvalue weighted by molar-refractivity contribution is 0.0793. The van der Waals surface area contributed by atoms with Crippen LogP contribution in [0.2, 0.25) is 0 Å². The molecule has 1 fully saturated rings. The molecule has 0 aliphatic carbocycles. The SMILES string of the molecule is Cc1nc(-c2ccccc2)c(C(=O)N2CC[C@@H](CN)C2)s1. The fourth-order valence-electron chi connectivity index (χ4n) is 2.72. The van der Waals surface area contributed by atoms with Gasteiger partial charge >= 0.3 is 0 Å². The van der Waals surface area contributed by atoms with Crippen LogP contribution in [-0.4, -0.2) is 35.4 Å². The number of hydrogen-bond acceptors (Lipinski definition) is 4. The van der Waals surface area contributed by atoms with Gasteiger partial charge in [-0.2, -0.15) is 0 Å². The first-order valence-corrected chi connectivity index (χ1v) is 8.03. The number of likely N-dealkylation sites (tertiary alicyclic amines) is 1. The monoisotopic (exact) mass is 301 g/mol. The first-order valence-electron chi connectivity index (χ1n) is 7.21. The van der Waals surface area contributed by atoms with Gasteiger partial charge < -0.3 is 10.6 Å². The van der Waals surface area contributed by atoms with Crippen molar-refractivity contribution in [2.75, 3.05) is 19.6 Å². The number of amides is 1. The quantitative estimate of drug-likeness (QED) is 0.947. The summed E-state index contributed by atoms with van der Waals surface area (Å²) in [6.07, 6.45) is 1.00. The summed E-state index contributed by atoms with van der Waals surface area (Å²) in [6.45, 7) is 4.16. The maximum atomic E-state index is 12.8. The summed E-state index contributed by atoms with van der Waals surface area (Å²) in [5.74, 6) is 0.526. The molecule has 1 aromatic heterocycles. The van der Waals surface area contributed by atoms with Crippen molar-refractivity contribution in [3.8, 4) is 11.3 Å². The van der Waals surface area contributed by atoms with E-state index in [1.807, 2.05) is 42.2 Å². The number of aryl methyl sites for hydroxylation is 1. The normalized spacial score (nSPS) is 18.2. The molecule has 1 aliphatic rings. The number of thiazole rings is 1. The molecule has 0 saturated carbocycles. The molecular formula is C16H19N3OS. The van der Waals surface area contributed by atoms with Crippen molar-refractivity contribution in [1.29, 1.82) is 0 Å². The van der Waals surface area contributed by atoms with Gasteiger partial charge in [0.1, 0.15) is 4.88 Å². The molecule has 1 saturated heterocycles. The third-order valence-electron chi connectivity index (χ3n) is 3.88. The van der Waals surface area contributed by atoms with Crippen molar-refractivity contribution in [2.24, 2.45) is 11.7 Å². The molecule has 4 nitrogen and oxygen atoms in total. The van der Waals surface area contributed by atoms with Gasteiger partial charge in [-0.25, -0.2) is 4.98 Å². The van der Waals surface area contributed by atoms with E-state index in [1.165, 1.54) is 11.3 Å². The van der Waals surface area contributed by atoms with Crippen molar-refractivity contribution in [1.82, 2.24) is 9.88 Å². The van der Waals surface area contributed by atoms with E-state index < -0.39 is 0 Å². The molecule has 1 aromatic carbocycles. The minimum Gasteiger partial charge on any atom is -0.338 e. The van der Waals surface area contributed by atoms with E-state index in [4.69, 9.17) is 5.73 Å². The average Bonchev–Trinajstić information content (AvgIpc) is 3.14. The highest BCUT2D eigenvalue weighted by Gasteiger charge is 2.29. The van der Waals surface area contributed by atoms with Gasteiger partial charge in [-0.3, -0.25) is 4.79 Å². The first kappa shape index (κ1) is 14.2. The zero-order valence-electron chi connectivity index (χ0n) is 12.1. The number of nitrogens with two attached hydrogens (primary N) is 1. The zero-order valence-corrected chi connectivity index (χ0v) is 12.9. The van der Waals surface area contributed by atoms with E-state index in [0.717, 1.165) is 40.7 Å². The molecule has 0 spiro atoms. The second-order valence-corrected chi connectivity index (χ2v) is 6.62. The van der Waals surface area contributed by atoms with E-state index in [1.54, 1.807) is 0 Å². The predicted molar refractivity (Wildman–Crippen MR) is 85.4 cm³/mol. The van der Waals surface area contributed by atoms with Crippen LogP contribution >= 0.6 is 11.3 Å². The number of benzene rings is 1. The molecule has 1 atom stereocenters. The second kappa shape index (κ2) is 5.95. The lowest BCUT2D eigenvalue weighted by Gasteiger charge is -2.15. The number of carbonyl (C=O) groups excluding carboxylic acids is 1. The highest BCUT2D eigenvalue weighted by Crippen LogP contribution is 2.30. The fraction of sp³-hybridized carbons (Fsp3) is 0.375. The van der Waals surface area contributed by atoms with Crippen LogP contribution < -0.4 is 5.73 Å². The number of rotatable bonds is 3. The summed E-state index contributed by atoms with van der Waals surface area (Å²) in [5.41, 5.74) is 7.52. The second-order valence-electron chi connectivity index (χ2n) is 5.42. The van der Waals surface area contributed by atoms with E-state index in [-0.39, 0.29) is 5.91 Å². The number of aromatic nitrogens is 1. The first-order chi connectivity index (χ1) is 10.2. The smallest absolute Gasteiger partial charge is 0.266 e. The Balaban J connectivity index is 1.91. The third-order valence-corrected chi connectivity index (χ3v) is 4.84. The summed E-state index contributed by atoms with van der Waals surface area (Å²) in [6, 6.07) is 9.91. The molecule has 0 radical (unpaired) electrons. The Bertz CT molecular complexity index is 638. The Labute approximate surface area is 128 Å². The summed E-state index contributed by atoms with van der Waals surface area (Å²) in [7, 11) is 0. The molecule has 2 N–H and O–H groups in total. The molecule has 2 heterocycles. The topological polar surface area (TPSA) is 59.2 Å². The highest BCUT2D eigenvalue weighted by molar-refractivity contribution is 7.14. The molecule has 21 heavy (non-hydrogen) atoms. The standard InChI is InChI=1S/C16H19N3OS/c1-11-18-14(13-5-3-2-4-6-13)15(21-11)16(20)19-8-7-12(9-17)10-19/h2-6,12H,7-10,17H2,1H3/t12-/m0/s1. The van der Waals surface area contributed by atoms with Crippen LogP contribution in [0.4, 0.5) is 0 Å². The Morgan fingerprint density at radius 1 is 1.43 bits per heavy atom. The van der Waals surface area contributed by atoms with Crippen molar-refractivity contribution < 1.29 is 4.79 Å². The molecule has 1 amide bonds. The van der Waals surface area contributed by atoms with Crippen molar-refractivity contribution in [3.63, 3.8) is 0 Å². The van der Waals surface area contributed by atoms with E-state index in [2.05, 4.69) is 4.98 Å². The van der Waals surface area contributed by atoms with E-state index in [0.29, 0.717) is 12.5 Å². The molecule has 2 aromatic rings. The lowest BCUT2D eigenvalue weighted by atomic mass is 10.1. The van der Waals surface area contributed by atoms with Gasteiger partial charge in [0.05, 0.1) is 10.7 Å². The van der Waals surface area contributed by atoms with Gasteiger partial charge in [0.2, 0.25) is 0 Å². The molecule has 110 valence electrons. The number of hydrogen-bond donors (Lipinski definition) is 1. The molecule has 0 bridgehead atoms. The van der Waals surface area contributed by atoms with E-state index in [9.17, 15) is 4.79 Å². The van der Waals surface area contributed by atoms with Gasteiger partial charge in [-0.15, -0.1) is 11.3 Å². The van der Waals surface area contributed by atoms with Gasteiger partial charge in [-0.05, 0) is 25.8 Å². The Morgan fingerprint density at radius 3 is 2.86 bits per heavy atom. The lowest BCUT2D eigenvalue weighted by Crippen LogP contribution is -2.29. The van der Waals surface area contributed by atoms with Crippen molar-refractivity contribution in [2.45, 2.75) is 13.3 Å². The predicted octanol–water partition coefficient (Wildman–Crippen LogP) is 2.54. The Morgan fingerprint density at radius 2 is 2.19 bits per heavy atom. The minimum absolute atomic E-state index is 0.0930. The number of nitrogens with zero attached hydrogens (tertiary/aromatic N) is 2. The summed E-state index contributed by atoms with van der Waals surface area (Å²) < 4.78 is 0. The zero-order chi connectivity index (χ0) is 14.8. The minimum atomic E-state index is 0.0930. The van der Waals surface area contributed by atoms with Crippen LogP contribution in [0.3, 0.4) is 0 Å². The highest BCUT2D eigenvalue weighted by atomic mass is 32.1. The molecule has 0 unspecified atom stereocenters. The van der Waals surface area contributed by atoms with Crippen LogP contribution in [0.5, 0.6) is 0 Å².